The molecule has 0 saturated carbocycles. The predicted octanol–water partition coefficient (Wildman–Crippen LogP) is -0.221. The lowest BCUT2D eigenvalue weighted by Crippen LogP contribution is -2.49. The molecule has 2 aliphatic rings. The molecule has 0 aliphatic carbocycles. The second-order valence-corrected chi connectivity index (χ2v) is 2.76. The minimum atomic E-state index is -1.76. The number of ether oxygens (including phenoxy) is 2. The summed E-state index contributed by atoms with van der Waals surface area (Å²) in [6.07, 6.45) is -6.88. The Morgan fingerprint density at radius 2 is 2.00 bits per heavy atom. The van der Waals surface area contributed by atoms with Gasteiger partial charge in [0.2, 0.25) is 0 Å². The zero-order valence-electron chi connectivity index (χ0n) is 5.61. The first-order chi connectivity index (χ1) is 5.20. The smallest absolute Gasteiger partial charge is 0.192 e. The van der Waals surface area contributed by atoms with Crippen LogP contribution in [0.25, 0.3) is 0 Å². The minimum absolute atomic E-state index is 0.0311. The van der Waals surface area contributed by atoms with Crippen LogP contribution in [0, 0.1) is 0 Å². The standard InChI is InChI=1S/C6H8F2O3/c7-3-2-1-10-6(11-2)4(8)5(3)9/h2-6,9H,1H2/t2-,3-,4+,5+,6-/m1/s1. The van der Waals surface area contributed by atoms with Crippen molar-refractivity contribution in [2.45, 2.75) is 30.8 Å². The lowest BCUT2D eigenvalue weighted by atomic mass is 10.0. The SMILES string of the molecule is O[C@@H]1[C@H](F)[C@@H]2OC[C@@H](O2)[C@H]1F. The Balaban J connectivity index is 2.16. The van der Waals surface area contributed by atoms with E-state index in [-0.39, 0.29) is 6.61 Å². The summed E-state index contributed by atoms with van der Waals surface area (Å²) < 4.78 is 35.1. The molecular formula is C6H8F2O3. The fraction of sp³-hybridized carbons (Fsp3) is 1.00. The Labute approximate surface area is 61.9 Å². The molecular weight excluding hydrogens is 158 g/mol. The molecule has 3 nitrogen and oxygen atoms in total. The first-order valence-electron chi connectivity index (χ1n) is 3.43. The van der Waals surface area contributed by atoms with Gasteiger partial charge in [0.05, 0.1) is 6.61 Å². The predicted molar refractivity (Wildman–Crippen MR) is 30.4 cm³/mol. The normalized spacial score (nSPS) is 56.5. The highest BCUT2D eigenvalue weighted by molar-refractivity contribution is 4.93. The van der Waals surface area contributed by atoms with Crippen LogP contribution in [0.4, 0.5) is 8.78 Å². The fourth-order valence-corrected chi connectivity index (χ4v) is 1.33. The Morgan fingerprint density at radius 3 is 2.73 bits per heavy atom. The molecule has 1 N–H and O–H groups in total. The van der Waals surface area contributed by atoms with Crippen molar-refractivity contribution in [3.63, 3.8) is 0 Å². The highest BCUT2D eigenvalue weighted by Gasteiger charge is 2.50. The molecule has 2 rings (SSSR count). The van der Waals surface area contributed by atoms with Crippen LogP contribution in [0.1, 0.15) is 0 Å². The average molecular weight is 166 g/mol. The molecule has 0 aromatic rings. The third-order valence-electron chi connectivity index (χ3n) is 2.00. The third kappa shape index (κ3) is 0.953. The van der Waals surface area contributed by atoms with Crippen molar-refractivity contribution in [3.8, 4) is 0 Å². The number of hydrogen-bond acceptors (Lipinski definition) is 3. The van der Waals surface area contributed by atoms with Crippen LogP contribution in [-0.2, 0) is 9.47 Å². The van der Waals surface area contributed by atoms with Gasteiger partial charge < -0.3 is 14.6 Å². The van der Waals surface area contributed by atoms with Gasteiger partial charge in [-0.1, -0.05) is 0 Å². The van der Waals surface area contributed by atoms with Crippen molar-refractivity contribution >= 4 is 0 Å². The summed E-state index contributed by atoms with van der Waals surface area (Å²) in [5.41, 5.74) is 0. The number of fused-ring (bicyclic) bond motifs is 2. The molecule has 0 amide bonds. The molecule has 2 saturated heterocycles. The molecule has 0 spiro atoms. The summed E-state index contributed by atoms with van der Waals surface area (Å²) in [7, 11) is 0. The van der Waals surface area contributed by atoms with Crippen LogP contribution < -0.4 is 0 Å². The molecule has 2 aliphatic heterocycles. The van der Waals surface area contributed by atoms with Crippen LogP contribution in [0.15, 0.2) is 0 Å². The van der Waals surface area contributed by atoms with Gasteiger partial charge in [-0.3, -0.25) is 0 Å². The Bertz CT molecular complexity index is 146. The van der Waals surface area contributed by atoms with E-state index in [1.54, 1.807) is 0 Å². The molecule has 0 aromatic heterocycles. The maximum Gasteiger partial charge on any atom is 0.192 e. The van der Waals surface area contributed by atoms with Crippen LogP contribution in [-0.4, -0.2) is 42.6 Å². The highest BCUT2D eigenvalue weighted by atomic mass is 19.1. The lowest BCUT2D eigenvalue weighted by Gasteiger charge is -2.29. The number of aliphatic hydroxyl groups excluding tert-OH is 1. The van der Waals surface area contributed by atoms with Gasteiger partial charge in [-0.2, -0.15) is 0 Å². The van der Waals surface area contributed by atoms with E-state index in [4.69, 9.17) is 14.6 Å². The average Bonchev–Trinajstić information content (AvgIpc) is 2.44. The fourth-order valence-electron chi connectivity index (χ4n) is 1.33. The number of rotatable bonds is 0. The number of halogens is 2. The number of aliphatic hydroxyl groups is 1. The van der Waals surface area contributed by atoms with Gasteiger partial charge in [0.1, 0.15) is 12.2 Å². The van der Waals surface area contributed by atoms with E-state index in [9.17, 15) is 8.78 Å². The van der Waals surface area contributed by atoms with E-state index in [2.05, 4.69) is 0 Å². The minimum Gasteiger partial charge on any atom is -0.387 e. The molecule has 0 aromatic carbocycles. The maximum absolute atomic E-state index is 12.8. The molecule has 2 heterocycles. The molecule has 2 fully saturated rings. The summed E-state index contributed by atoms with van der Waals surface area (Å²) in [5.74, 6) is 0. The summed E-state index contributed by atoms with van der Waals surface area (Å²) in [5, 5.41) is 8.92. The second-order valence-electron chi connectivity index (χ2n) is 2.76. The Hall–Kier alpha value is -0.260. The van der Waals surface area contributed by atoms with Crippen molar-refractivity contribution in [1.82, 2.24) is 0 Å². The van der Waals surface area contributed by atoms with Gasteiger partial charge in [0.25, 0.3) is 0 Å². The van der Waals surface area contributed by atoms with Gasteiger partial charge in [0.15, 0.2) is 18.6 Å². The van der Waals surface area contributed by atoms with E-state index < -0.39 is 30.8 Å². The first-order valence-corrected chi connectivity index (χ1v) is 3.43. The quantitative estimate of drug-likeness (QED) is 0.540. The largest absolute Gasteiger partial charge is 0.387 e. The van der Waals surface area contributed by atoms with E-state index >= 15 is 0 Å². The Morgan fingerprint density at radius 1 is 1.27 bits per heavy atom. The molecule has 2 bridgehead atoms. The molecule has 64 valence electrons. The van der Waals surface area contributed by atoms with E-state index in [1.165, 1.54) is 0 Å². The van der Waals surface area contributed by atoms with Crippen molar-refractivity contribution in [2.75, 3.05) is 6.61 Å². The van der Waals surface area contributed by atoms with Crippen LogP contribution in [0.2, 0.25) is 0 Å². The van der Waals surface area contributed by atoms with Gasteiger partial charge in [-0.05, 0) is 0 Å². The molecule has 11 heavy (non-hydrogen) atoms. The van der Waals surface area contributed by atoms with E-state index in [0.29, 0.717) is 0 Å². The summed E-state index contributed by atoms with van der Waals surface area (Å²) >= 11 is 0. The van der Waals surface area contributed by atoms with Crippen molar-refractivity contribution in [2.24, 2.45) is 0 Å². The lowest BCUT2D eigenvalue weighted by molar-refractivity contribution is -0.192. The van der Waals surface area contributed by atoms with Gasteiger partial charge >= 0.3 is 0 Å². The zero-order chi connectivity index (χ0) is 8.01. The highest BCUT2D eigenvalue weighted by Crippen LogP contribution is 2.31. The molecule has 5 atom stereocenters. The second kappa shape index (κ2) is 2.36. The summed E-state index contributed by atoms with van der Waals surface area (Å²) in [4.78, 5) is 0. The molecule has 0 unspecified atom stereocenters. The van der Waals surface area contributed by atoms with Crippen molar-refractivity contribution in [1.29, 1.82) is 0 Å². The molecule has 0 radical (unpaired) electrons. The van der Waals surface area contributed by atoms with Crippen molar-refractivity contribution < 1.29 is 23.4 Å². The van der Waals surface area contributed by atoms with Gasteiger partial charge in [-0.15, -0.1) is 0 Å². The molecule has 5 heteroatoms. The topological polar surface area (TPSA) is 38.7 Å². The maximum atomic E-state index is 12.8. The van der Waals surface area contributed by atoms with Crippen LogP contribution in [0.5, 0.6) is 0 Å². The van der Waals surface area contributed by atoms with Gasteiger partial charge in [-0.25, -0.2) is 8.78 Å². The van der Waals surface area contributed by atoms with Crippen LogP contribution in [0.3, 0.4) is 0 Å². The number of hydrogen-bond donors (Lipinski definition) is 1. The third-order valence-corrected chi connectivity index (χ3v) is 2.00. The van der Waals surface area contributed by atoms with Crippen LogP contribution >= 0.6 is 0 Å². The first kappa shape index (κ1) is 7.39. The summed E-state index contributed by atoms with van der Waals surface area (Å²) in [6.45, 7) is 0.0311. The summed E-state index contributed by atoms with van der Waals surface area (Å²) in [6, 6.07) is 0. The van der Waals surface area contributed by atoms with E-state index in [1.807, 2.05) is 0 Å². The van der Waals surface area contributed by atoms with Crippen molar-refractivity contribution in [3.05, 3.63) is 0 Å². The monoisotopic (exact) mass is 166 g/mol. The van der Waals surface area contributed by atoms with Gasteiger partial charge in [0, 0.05) is 0 Å². The Kier molecular flexibility index (Phi) is 1.59. The van der Waals surface area contributed by atoms with E-state index in [0.717, 1.165) is 0 Å². The number of alkyl halides is 2. The zero-order valence-corrected chi connectivity index (χ0v) is 5.61.